The highest BCUT2D eigenvalue weighted by atomic mass is 35.5. The van der Waals surface area contributed by atoms with Crippen molar-refractivity contribution >= 4 is 58.0 Å². The normalized spacial score (nSPS) is 11.1. The summed E-state index contributed by atoms with van der Waals surface area (Å²) in [6.45, 7) is 1.73. The summed E-state index contributed by atoms with van der Waals surface area (Å²) in [7, 11) is 1.46. The van der Waals surface area contributed by atoms with Gasteiger partial charge in [0, 0.05) is 15.7 Å². The summed E-state index contributed by atoms with van der Waals surface area (Å²) in [4.78, 5) is 25.0. The molecule has 9 heteroatoms. The van der Waals surface area contributed by atoms with Crippen LogP contribution in [0.5, 0.6) is 5.75 Å². The van der Waals surface area contributed by atoms with Crippen molar-refractivity contribution in [2.24, 2.45) is 5.10 Å². The Labute approximate surface area is 200 Å². The number of carbonyl (C=O) groups is 2. The van der Waals surface area contributed by atoms with E-state index in [9.17, 15) is 9.59 Å². The fraction of sp³-hybridized carbons (Fsp3) is 0.0870. The molecule has 0 heterocycles. The minimum atomic E-state index is -0.467. The SMILES string of the molecule is COc1ccc(Cl)cc1C(=O)N/N=C(/C)c1cccc(NC(=O)c2ccc(Cl)cc2Cl)c1. The largest absolute Gasteiger partial charge is 0.496 e. The van der Waals surface area contributed by atoms with Crippen LogP contribution in [0.25, 0.3) is 0 Å². The molecule has 2 amide bonds. The number of nitrogens with one attached hydrogen (secondary N) is 2. The Morgan fingerprint density at radius 2 is 1.59 bits per heavy atom. The van der Waals surface area contributed by atoms with E-state index in [1.54, 1.807) is 55.5 Å². The number of amides is 2. The van der Waals surface area contributed by atoms with Crippen LogP contribution in [0.2, 0.25) is 15.1 Å². The van der Waals surface area contributed by atoms with Crippen molar-refractivity contribution < 1.29 is 14.3 Å². The van der Waals surface area contributed by atoms with Crippen molar-refractivity contribution in [3.05, 3.63) is 92.4 Å². The molecule has 0 atom stereocenters. The van der Waals surface area contributed by atoms with E-state index in [1.165, 1.54) is 19.2 Å². The van der Waals surface area contributed by atoms with E-state index >= 15 is 0 Å². The van der Waals surface area contributed by atoms with Gasteiger partial charge in [0.2, 0.25) is 0 Å². The predicted octanol–water partition coefficient (Wildman–Crippen LogP) is 6.06. The molecule has 0 bridgehead atoms. The number of carbonyl (C=O) groups excluding carboxylic acids is 2. The number of hydrogen-bond donors (Lipinski definition) is 2. The van der Waals surface area contributed by atoms with Crippen LogP contribution < -0.4 is 15.5 Å². The lowest BCUT2D eigenvalue weighted by Gasteiger charge is -2.10. The zero-order valence-corrected chi connectivity index (χ0v) is 19.3. The molecule has 164 valence electrons. The molecule has 6 nitrogen and oxygen atoms in total. The Hall–Kier alpha value is -3.06. The van der Waals surface area contributed by atoms with Crippen molar-refractivity contribution in [2.45, 2.75) is 6.92 Å². The number of hydrazone groups is 1. The quantitative estimate of drug-likeness (QED) is 0.325. The summed E-state index contributed by atoms with van der Waals surface area (Å²) in [5, 5.41) is 8.03. The minimum Gasteiger partial charge on any atom is -0.496 e. The Balaban J connectivity index is 1.74. The Bertz CT molecular complexity index is 1210. The molecule has 0 aliphatic heterocycles. The van der Waals surface area contributed by atoms with Crippen molar-refractivity contribution in [1.82, 2.24) is 5.43 Å². The second-order valence-electron chi connectivity index (χ2n) is 6.64. The molecule has 0 fully saturated rings. The van der Waals surface area contributed by atoms with Crippen LogP contribution in [0.3, 0.4) is 0 Å². The van der Waals surface area contributed by atoms with Gasteiger partial charge < -0.3 is 10.1 Å². The fourth-order valence-corrected chi connectivity index (χ4v) is 3.48. The van der Waals surface area contributed by atoms with Gasteiger partial charge in [0.05, 0.1) is 29.0 Å². The molecule has 0 saturated carbocycles. The maximum absolute atomic E-state index is 12.5. The number of rotatable bonds is 6. The second-order valence-corrected chi connectivity index (χ2v) is 7.92. The summed E-state index contributed by atoms with van der Waals surface area (Å²) in [6.07, 6.45) is 0. The lowest BCUT2D eigenvalue weighted by Crippen LogP contribution is -2.20. The number of methoxy groups -OCH3 is 1. The Morgan fingerprint density at radius 3 is 2.31 bits per heavy atom. The molecule has 0 saturated heterocycles. The Kier molecular flexibility index (Phi) is 7.75. The lowest BCUT2D eigenvalue weighted by molar-refractivity contribution is 0.0951. The molecule has 3 aromatic rings. The first kappa shape index (κ1) is 23.6. The van der Waals surface area contributed by atoms with Crippen LogP contribution in [0.4, 0.5) is 5.69 Å². The molecule has 0 aromatic heterocycles. The molecule has 32 heavy (non-hydrogen) atoms. The van der Waals surface area contributed by atoms with Crippen LogP contribution in [0, 0.1) is 0 Å². The van der Waals surface area contributed by atoms with E-state index < -0.39 is 5.91 Å². The Morgan fingerprint density at radius 1 is 0.875 bits per heavy atom. The van der Waals surface area contributed by atoms with Gasteiger partial charge in [-0.25, -0.2) is 5.43 Å². The molecule has 3 aromatic carbocycles. The van der Waals surface area contributed by atoms with Crippen LogP contribution in [0.1, 0.15) is 33.2 Å². The smallest absolute Gasteiger partial charge is 0.275 e. The molecule has 0 spiro atoms. The highest BCUT2D eigenvalue weighted by molar-refractivity contribution is 6.37. The number of hydrogen-bond acceptors (Lipinski definition) is 4. The number of anilines is 1. The zero-order chi connectivity index (χ0) is 23.3. The third-order valence-electron chi connectivity index (χ3n) is 4.45. The first-order chi connectivity index (χ1) is 15.3. The average molecular weight is 491 g/mol. The van der Waals surface area contributed by atoms with E-state index in [2.05, 4.69) is 15.8 Å². The summed E-state index contributed by atoms with van der Waals surface area (Å²) in [6, 6.07) is 16.4. The average Bonchev–Trinajstić information content (AvgIpc) is 2.77. The fourth-order valence-electron chi connectivity index (χ4n) is 2.81. The minimum absolute atomic E-state index is 0.253. The molecule has 0 aliphatic carbocycles. The summed E-state index contributed by atoms with van der Waals surface area (Å²) in [5.74, 6) is -0.462. The predicted molar refractivity (Wildman–Crippen MR) is 129 cm³/mol. The van der Waals surface area contributed by atoms with Gasteiger partial charge in [-0.2, -0.15) is 5.10 Å². The van der Waals surface area contributed by atoms with Gasteiger partial charge in [-0.3, -0.25) is 9.59 Å². The first-order valence-electron chi connectivity index (χ1n) is 9.33. The van der Waals surface area contributed by atoms with Gasteiger partial charge in [0.15, 0.2) is 0 Å². The number of halogens is 3. The van der Waals surface area contributed by atoms with E-state index in [0.717, 1.165) is 0 Å². The zero-order valence-electron chi connectivity index (χ0n) is 17.1. The van der Waals surface area contributed by atoms with Gasteiger partial charge in [0.25, 0.3) is 11.8 Å². The van der Waals surface area contributed by atoms with E-state index in [1.807, 2.05) is 0 Å². The van der Waals surface area contributed by atoms with Crippen LogP contribution >= 0.6 is 34.8 Å². The standard InChI is InChI=1S/C23H18Cl3N3O3/c1-13(28-29-23(31)19-11-15(24)7-9-21(19)32-2)14-4-3-5-17(10-14)27-22(30)18-8-6-16(25)12-20(18)26/h3-12H,1-2H3,(H,27,30)(H,29,31)/b28-13-. The lowest BCUT2D eigenvalue weighted by atomic mass is 10.1. The third-order valence-corrected chi connectivity index (χ3v) is 5.23. The molecule has 3 rings (SSSR count). The maximum atomic E-state index is 12.5. The number of ether oxygens (including phenoxy) is 1. The summed E-state index contributed by atoms with van der Waals surface area (Å²) in [5.41, 5.74) is 4.82. The summed E-state index contributed by atoms with van der Waals surface area (Å²) >= 11 is 18.0. The van der Waals surface area contributed by atoms with Crippen LogP contribution in [-0.2, 0) is 0 Å². The third kappa shape index (κ3) is 5.79. The molecule has 0 aliphatic rings. The van der Waals surface area contributed by atoms with Gasteiger partial charge >= 0.3 is 0 Å². The van der Waals surface area contributed by atoms with Crippen LogP contribution in [0.15, 0.2) is 65.8 Å². The highest BCUT2D eigenvalue weighted by Gasteiger charge is 2.14. The van der Waals surface area contributed by atoms with Crippen molar-refractivity contribution in [3.8, 4) is 5.75 Å². The second kappa shape index (κ2) is 10.5. The molecular formula is C23H18Cl3N3O3. The van der Waals surface area contributed by atoms with Gasteiger partial charge in [-0.1, -0.05) is 46.9 Å². The van der Waals surface area contributed by atoms with E-state index in [-0.39, 0.29) is 16.5 Å². The van der Waals surface area contributed by atoms with Crippen molar-refractivity contribution in [2.75, 3.05) is 12.4 Å². The van der Waals surface area contributed by atoms with Gasteiger partial charge in [-0.15, -0.1) is 0 Å². The van der Waals surface area contributed by atoms with E-state index in [4.69, 9.17) is 39.5 Å². The summed E-state index contributed by atoms with van der Waals surface area (Å²) < 4.78 is 5.19. The molecule has 0 radical (unpaired) electrons. The first-order valence-corrected chi connectivity index (χ1v) is 10.5. The van der Waals surface area contributed by atoms with Gasteiger partial charge in [0.1, 0.15) is 5.75 Å². The topological polar surface area (TPSA) is 79.8 Å². The number of nitrogens with zero attached hydrogens (tertiary/aromatic N) is 1. The van der Waals surface area contributed by atoms with E-state index in [0.29, 0.717) is 38.3 Å². The van der Waals surface area contributed by atoms with Crippen molar-refractivity contribution in [1.29, 1.82) is 0 Å². The molecular weight excluding hydrogens is 473 g/mol. The van der Waals surface area contributed by atoms with Gasteiger partial charge in [-0.05, 0) is 61.0 Å². The van der Waals surface area contributed by atoms with Crippen molar-refractivity contribution in [3.63, 3.8) is 0 Å². The number of benzene rings is 3. The maximum Gasteiger partial charge on any atom is 0.275 e. The highest BCUT2D eigenvalue weighted by Crippen LogP contribution is 2.23. The van der Waals surface area contributed by atoms with Crippen LogP contribution in [-0.4, -0.2) is 24.6 Å². The molecule has 0 unspecified atom stereocenters. The molecule has 2 N–H and O–H groups in total. The monoisotopic (exact) mass is 489 g/mol.